The van der Waals surface area contributed by atoms with Crippen molar-refractivity contribution in [2.75, 3.05) is 5.32 Å². The molecule has 0 aliphatic rings. The van der Waals surface area contributed by atoms with Crippen molar-refractivity contribution in [3.63, 3.8) is 0 Å². The highest BCUT2D eigenvalue weighted by atomic mass is 35.5. The van der Waals surface area contributed by atoms with Crippen LogP contribution in [0.25, 0.3) is 10.9 Å². The lowest BCUT2D eigenvalue weighted by Crippen LogP contribution is -2.14. The number of nitrogens with one attached hydrogen (secondary N) is 2. The van der Waals surface area contributed by atoms with Crippen LogP contribution in [0.2, 0.25) is 10.0 Å². The van der Waals surface area contributed by atoms with Crippen LogP contribution in [0.1, 0.15) is 26.4 Å². The molecule has 0 unspecified atom stereocenters. The molecular formula is C22H14Cl2N2O2. The molecule has 0 atom stereocenters. The van der Waals surface area contributed by atoms with Gasteiger partial charge >= 0.3 is 0 Å². The van der Waals surface area contributed by atoms with Crippen LogP contribution in [0.15, 0.2) is 72.8 Å². The number of ketones is 1. The van der Waals surface area contributed by atoms with Crippen LogP contribution in [0.4, 0.5) is 5.69 Å². The van der Waals surface area contributed by atoms with Crippen molar-refractivity contribution in [1.29, 1.82) is 0 Å². The number of anilines is 1. The van der Waals surface area contributed by atoms with Gasteiger partial charge in [-0.05, 0) is 36.4 Å². The summed E-state index contributed by atoms with van der Waals surface area (Å²) in [5, 5.41) is 4.53. The van der Waals surface area contributed by atoms with Crippen LogP contribution >= 0.6 is 23.2 Å². The van der Waals surface area contributed by atoms with Gasteiger partial charge in [0.25, 0.3) is 5.91 Å². The van der Waals surface area contributed by atoms with E-state index in [-0.39, 0.29) is 11.7 Å². The molecule has 2 N–H and O–H groups in total. The van der Waals surface area contributed by atoms with Gasteiger partial charge in [0.2, 0.25) is 5.78 Å². The molecule has 1 aromatic heterocycles. The summed E-state index contributed by atoms with van der Waals surface area (Å²) in [5.74, 6) is -0.588. The van der Waals surface area contributed by atoms with E-state index in [1.54, 1.807) is 66.7 Å². The molecule has 3 aromatic carbocycles. The lowest BCUT2D eigenvalue weighted by Gasteiger charge is -2.08. The molecule has 4 aromatic rings. The van der Waals surface area contributed by atoms with Gasteiger partial charge in [0.1, 0.15) is 5.69 Å². The molecule has 0 radical (unpaired) electrons. The first-order valence-electron chi connectivity index (χ1n) is 8.51. The standard InChI is InChI=1S/C22H14Cl2N2O2/c23-15-8-4-7-14(11-15)22(28)26-19-17-10-9-16(24)12-18(17)25-20(19)21(27)13-5-2-1-3-6-13/h1-12,25H,(H,26,28). The minimum atomic E-state index is -0.361. The van der Waals surface area contributed by atoms with Crippen LogP contribution in [0.5, 0.6) is 0 Å². The summed E-state index contributed by atoms with van der Waals surface area (Å²) in [6, 6.07) is 20.7. The van der Waals surface area contributed by atoms with Crippen molar-refractivity contribution in [2.24, 2.45) is 0 Å². The lowest BCUT2D eigenvalue weighted by atomic mass is 10.1. The van der Waals surface area contributed by atoms with Crippen molar-refractivity contribution >= 4 is 51.5 Å². The Labute approximate surface area is 171 Å². The second-order valence-corrected chi connectivity index (χ2v) is 7.10. The molecule has 0 spiro atoms. The molecule has 4 rings (SSSR count). The molecule has 0 aliphatic heterocycles. The fourth-order valence-corrected chi connectivity index (χ4v) is 3.38. The highest BCUT2D eigenvalue weighted by Gasteiger charge is 2.21. The minimum Gasteiger partial charge on any atom is -0.350 e. The van der Waals surface area contributed by atoms with E-state index < -0.39 is 0 Å². The zero-order valence-corrected chi connectivity index (χ0v) is 16.0. The number of aromatic nitrogens is 1. The minimum absolute atomic E-state index is 0.227. The van der Waals surface area contributed by atoms with Gasteiger partial charge in [0, 0.05) is 32.1 Å². The highest BCUT2D eigenvalue weighted by molar-refractivity contribution is 6.32. The van der Waals surface area contributed by atoms with Gasteiger partial charge in [-0.15, -0.1) is 0 Å². The average molecular weight is 409 g/mol. The summed E-state index contributed by atoms with van der Waals surface area (Å²) in [4.78, 5) is 28.9. The Morgan fingerprint density at radius 2 is 1.50 bits per heavy atom. The third kappa shape index (κ3) is 3.52. The van der Waals surface area contributed by atoms with Crippen molar-refractivity contribution in [3.8, 4) is 0 Å². The number of benzene rings is 3. The zero-order valence-electron chi connectivity index (χ0n) is 14.5. The first-order valence-corrected chi connectivity index (χ1v) is 9.26. The predicted molar refractivity (Wildman–Crippen MR) is 113 cm³/mol. The maximum Gasteiger partial charge on any atom is 0.255 e. The predicted octanol–water partition coefficient (Wildman–Crippen LogP) is 5.96. The van der Waals surface area contributed by atoms with Gasteiger partial charge in [-0.2, -0.15) is 0 Å². The number of fused-ring (bicyclic) bond motifs is 1. The quantitative estimate of drug-likeness (QED) is 0.409. The van der Waals surface area contributed by atoms with E-state index in [4.69, 9.17) is 23.2 Å². The number of rotatable bonds is 4. The first kappa shape index (κ1) is 18.3. The summed E-state index contributed by atoms with van der Waals surface area (Å²) in [5.41, 5.74) is 2.27. The summed E-state index contributed by atoms with van der Waals surface area (Å²) >= 11 is 12.1. The number of carbonyl (C=O) groups is 2. The monoisotopic (exact) mass is 408 g/mol. The topological polar surface area (TPSA) is 62.0 Å². The summed E-state index contributed by atoms with van der Waals surface area (Å²) < 4.78 is 0. The number of H-pyrrole nitrogens is 1. The van der Waals surface area contributed by atoms with Crippen LogP contribution in [-0.2, 0) is 0 Å². The van der Waals surface area contributed by atoms with Crippen LogP contribution in [-0.4, -0.2) is 16.7 Å². The van der Waals surface area contributed by atoms with E-state index in [1.165, 1.54) is 0 Å². The first-order chi connectivity index (χ1) is 13.5. The Morgan fingerprint density at radius 3 is 2.25 bits per heavy atom. The molecule has 0 saturated heterocycles. The van der Waals surface area contributed by atoms with Gasteiger partial charge < -0.3 is 10.3 Å². The zero-order chi connectivity index (χ0) is 19.7. The molecule has 6 heteroatoms. The molecule has 138 valence electrons. The maximum absolute atomic E-state index is 13.1. The van der Waals surface area contributed by atoms with Crippen LogP contribution in [0.3, 0.4) is 0 Å². The van der Waals surface area contributed by atoms with Gasteiger partial charge in [-0.3, -0.25) is 9.59 Å². The van der Waals surface area contributed by atoms with E-state index in [0.29, 0.717) is 43.5 Å². The highest BCUT2D eigenvalue weighted by Crippen LogP contribution is 2.32. The van der Waals surface area contributed by atoms with E-state index in [9.17, 15) is 9.59 Å². The average Bonchev–Trinajstić information content (AvgIpc) is 3.05. The normalized spacial score (nSPS) is 10.8. The lowest BCUT2D eigenvalue weighted by molar-refractivity contribution is 0.102. The SMILES string of the molecule is O=C(Nc1c(C(=O)c2ccccc2)[nH]c2cc(Cl)ccc12)c1cccc(Cl)c1. The molecular weight excluding hydrogens is 395 g/mol. The van der Waals surface area contributed by atoms with E-state index in [0.717, 1.165) is 0 Å². The van der Waals surface area contributed by atoms with Crippen LogP contribution < -0.4 is 5.32 Å². The smallest absolute Gasteiger partial charge is 0.255 e. The number of aromatic amines is 1. The van der Waals surface area contributed by atoms with Gasteiger partial charge in [0.15, 0.2) is 0 Å². The van der Waals surface area contributed by atoms with Crippen LogP contribution in [0, 0.1) is 0 Å². The molecule has 28 heavy (non-hydrogen) atoms. The molecule has 0 saturated carbocycles. The number of amides is 1. The molecule has 0 bridgehead atoms. The van der Waals surface area contributed by atoms with E-state index in [2.05, 4.69) is 10.3 Å². The number of hydrogen-bond donors (Lipinski definition) is 2. The third-order valence-electron chi connectivity index (χ3n) is 4.35. The fourth-order valence-electron chi connectivity index (χ4n) is 3.02. The third-order valence-corrected chi connectivity index (χ3v) is 4.82. The fraction of sp³-hybridized carbons (Fsp3) is 0. The van der Waals surface area contributed by atoms with E-state index >= 15 is 0 Å². The van der Waals surface area contributed by atoms with Gasteiger partial charge in [-0.25, -0.2) is 0 Å². The Balaban J connectivity index is 1.81. The molecule has 0 aliphatic carbocycles. The summed E-state index contributed by atoms with van der Waals surface area (Å²) in [6.45, 7) is 0. The Hall–Kier alpha value is -3.08. The maximum atomic E-state index is 13.1. The number of hydrogen-bond acceptors (Lipinski definition) is 2. The summed E-state index contributed by atoms with van der Waals surface area (Å²) in [7, 11) is 0. The Morgan fingerprint density at radius 1 is 0.786 bits per heavy atom. The van der Waals surface area contributed by atoms with Crippen molar-refractivity contribution in [3.05, 3.63) is 99.7 Å². The molecule has 1 amide bonds. The Bertz CT molecular complexity index is 1200. The van der Waals surface area contributed by atoms with Crippen molar-refractivity contribution < 1.29 is 9.59 Å². The molecule has 4 nitrogen and oxygen atoms in total. The second-order valence-electron chi connectivity index (χ2n) is 6.22. The van der Waals surface area contributed by atoms with Gasteiger partial charge in [-0.1, -0.05) is 59.6 Å². The van der Waals surface area contributed by atoms with Crippen molar-refractivity contribution in [2.45, 2.75) is 0 Å². The second kappa shape index (κ2) is 7.50. The summed E-state index contributed by atoms with van der Waals surface area (Å²) in [6.07, 6.45) is 0. The molecule has 1 heterocycles. The number of carbonyl (C=O) groups excluding carboxylic acids is 2. The largest absolute Gasteiger partial charge is 0.350 e. The van der Waals surface area contributed by atoms with Crippen molar-refractivity contribution in [1.82, 2.24) is 4.98 Å². The number of halogens is 2. The molecule has 0 fully saturated rings. The van der Waals surface area contributed by atoms with Gasteiger partial charge in [0.05, 0.1) is 5.69 Å². The van der Waals surface area contributed by atoms with E-state index in [1.807, 2.05) is 6.07 Å². The Kier molecular flexibility index (Phi) is 4.90.